The first kappa shape index (κ1) is 17.1. The predicted molar refractivity (Wildman–Crippen MR) is 88.5 cm³/mol. The molecule has 124 valence electrons. The lowest BCUT2D eigenvalue weighted by molar-refractivity contribution is 0.0952. The summed E-state index contributed by atoms with van der Waals surface area (Å²) in [5, 5.41) is 10.4. The van der Waals surface area contributed by atoms with Crippen LogP contribution in [-0.4, -0.2) is 35.3 Å². The summed E-state index contributed by atoms with van der Waals surface area (Å²) >= 11 is 0. The van der Waals surface area contributed by atoms with Crippen molar-refractivity contribution in [3.05, 3.63) is 47.5 Å². The van der Waals surface area contributed by atoms with Gasteiger partial charge in [-0.25, -0.2) is 9.07 Å². The minimum absolute atomic E-state index is 0.108. The second-order valence-corrected chi connectivity index (χ2v) is 5.60. The van der Waals surface area contributed by atoms with Crippen molar-refractivity contribution in [1.82, 2.24) is 20.4 Å². The molecule has 0 aliphatic carbocycles. The molecule has 0 unspecified atom stereocenters. The minimum Gasteiger partial charge on any atom is -0.351 e. The molecule has 2 N–H and O–H groups in total. The predicted octanol–water partition coefficient (Wildman–Crippen LogP) is 2.47. The lowest BCUT2D eigenvalue weighted by Gasteiger charge is -2.13. The van der Waals surface area contributed by atoms with Crippen LogP contribution in [0.15, 0.2) is 30.5 Å². The highest BCUT2D eigenvalue weighted by molar-refractivity contribution is 5.95. The Morgan fingerprint density at radius 1 is 1.26 bits per heavy atom. The number of nitrogens with one attached hydrogen (secondary N) is 2. The molecule has 0 aliphatic rings. The van der Waals surface area contributed by atoms with Crippen molar-refractivity contribution in [2.75, 3.05) is 19.6 Å². The fraction of sp³-hybridized carbons (Fsp3) is 0.412. The third kappa shape index (κ3) is 4.16. The van der Waals surface area contributed by atoms with E-state index in [1.54, 1.807) is 23.0 Å². The van der Waals surface area contributed by atoms with Gasteiger partial charge in [-0.05, 0) is 36.7 Å². The molecule has 6 heteroatoms. The van der Waals surface area contributed by atoms with Crippen LogP contribution >= 0.6 is 0 Å². The van der Waals surface area contributed by atoms with Crippen LogP contribution in [0.4, 0.5) is 4.39 Å². The fourth-order valence-electron chi connectivity index (χ4n) is 2.41. The van der Waals surface area contributed by atoms with E-state index in [9.17, 15) is 9.18 Å². The minimum atomic E-state index is -0.298. The summed E-state index contributed by atoms with van der Waals surface area (Å²) in [4.78, 5) is 12.4. The van der Waals surface area contributed by atoms with Crippen molar-refractivity contribution >= 4 is 5.91 Å². The van der Waals surface area contributed by atoms with Gasteiger partial charge in [0.05, 0.1) is 23.1 Å². The molecule has 5 nitrogen and oxygen atoms in total. The zero-order valence-corrected chi connectivity index (χ0v) is 13.8. The molecule has 0 bridgehead atoms. The summed E-state index contributed by atoms with van der Waals surface area (Å²) in [5.41, 5.74) is 2.11. The molecule has 1 amide bonds. The van der Waals surface area contributed by atoms with Crippen LogP contribution in [0.3, 0.4) is 0 Å². The molecule has 1 aromatic carbocycles. The molecule has 0 saturated heterocycles. The Bertz CT molecular complexity index is 649. The summed E-state index contributed by atoms with van der Waals surface area (Å²) in [6.45, 7) is 8.19. The molecular weight excluding hydrogens is 295 g/mol. The molecule has 0 radical (unpaired) electrons. The number of halogens is 1. The first-order valence-electron chi connectivity index (χ1n) is 7.87. The van der Waals surface area contributed by atoms with E-state index >= 15 is 0 Å². The van der Waals surface area contributed by atoms with Crippen LogP contribution in [-0.2, 0) is 0 Å². The maximum Gasteiger partial charge on any atom is 0.254 e. The Labute approximate surface area is 135 Å². The van der Waals surface area contributed by atoms with E-state index in [1.165, 1.54) is 12.1 Å². The van der Waals surface area contributed by atoms with Gasteiger partial charge in [-0.2, -0.15) is 5.10 Å². The van der Waals surface area contributed by atoms with Crippen LogP contribution < -0.4 is 10.6 Å². The van der Waals surface area contributed by atoms with Crippen molar-refractivity contribution in [1.29, 1.82) is 0 Å². The van der Waals surface area contributed by atoms with Crippen LogP contribution in [0.25, 0.3) is 5.69 Å². The monoisotopic (exact) mass is 318 g/mol. The van der Waals surface area contributed by atoms with Crippen LogP contribution in [0, 0.1) is 5.82 Å². The van der Waals surface area contributed by atoms with Gasteiger partial charge in [0.1, 0.15) is 5.82 Å². The number of amides is 1. The number of hydrogen-bond acceptors (Lipinski definition) is 3. The first-order valence-corrected chi connectivity index (χ1v) is 7.87. The van der Waals surface area contributed by atoms with Crippen molar-refractivity contribution < 1.29 is 9.18 Å². The summed E-state index contributed by atoms with van der Waals surface area (Å²) in [7, 11) is 0. The summed E-state index contributed by atoms with van der Waals surface area (Å²) in [5.74, 6) is -0.328. The van der Waals surface area contributed by atoms with E-state index in [4.69, 9.17) is 0 Å². The standard InChI is InChI=1S/C17H23FN4O/c1-4-19-9-10-20-17(23)15-11-21-22(16(15)12(2)3)14-7-5-13(18)6-8-14/h5-8,11-12,19H,4,9-10H2,1-3H3,(H,20,23). The number of carbonyl (C=O) groups excluding carboxylic acids is 1. The zero-order chi connectivity index (χ0) is 16.8. The lowest BCUT2D eigenvalue weighted by atomic mass is 10.1. The molecule has 2 rings (SSSR count). The first-order chi connectivity index (χ1) is 11.0. The Hall–Kier alpha value is -2.21. The molecular formula is C17H23FN4O. The Morgan fingerprint density at radius 2 is 1.96 bits per heavy atom. The average Bonchev–Trinajstić information content (AvgIpc) is 2.97. The molecule has 23 heavy (non-hydrogen) atoms. The van der Waals surface area contributed by atoms with Gasteiger partial charge >= 0.3 is 0 Å². The second kappa shape index (κ2) is 7.87. The van der Waals surface area contributed by atoms with Crippen molar-refractivity contribution in [3.63, 3.8) is 0 Å². The number of carbonyl (C=O) groups is 1. The number of benzene rings is 1. The Kier molecular flexibility index (Phi) is 5.87. The largest absolute Gasteiger partial charge is 0.351 e. The highest BCUT2D eigenvalue weighted by atomic mass is 19.1. The SMILES string of the molecule is CCNCCNC(=O)c1cnn(-c2ccc(F)cc2)c1C(C)C. The maximum atomic E-state index is 13.1. The van der Waals surface area contributed by atoms with Gasteiger partial charge in [-0.15, -0.1) is 0 Å². The molecule has 2 aromatic rings. The average molecular weight is 318 g/mol. The fourth-order valence-corrected chi connectivity index (χ4v) is 2.41. The Morgan fingerprint density at radius 3 is 2.57 bits per heavy atom. The third-order valence-electron chi connectivity index (χ3n) is 3.51. The second-order valence-electron chi connectivity index (χ2n) is 5.60. The normalized spacial score (nSPS) is 11.0. The molecule has 0 spiro atoms. The topological polar surface area (TPSA) is 58.9 Å². The highest BCUT2D eigenvalue weighted by Crippen LogP contribution is 2.23. The van der Waals surface area contributed by atoms with Gasteiger partial charge in [-0.3, -0.25) is 4.79 Å². The summed E-state index contributed by atoms with van der Waals surface area (Å²) < 4.78 is 14.8. The van der Waals surface area contributed by atoms with Crippen LogP contribution in [0.5, 0.6) is 0 Å². The number of likely N-dealkylation sites (N-methyl/N-ethyl adjacent to an activating group) is 1. The van der Waals surface area contributed by atoms with E-state index < -0.39 is 0 Å². The van der Waals surface area contributed by atoms with E-state index in [2.05, 4.69) is 15.7 Å². The van der Waals surface area contributed by atoms with E-state index in [0.29, 0.717) is 12.1 Å². The molecule has 1 aromatic heterocycles. The van der Waals surface area contributed by atoms with Gasteiger partial charge in [0, 0.05) is 13.1 Å². The number of nitrogens with zero attached hydrogens (tertiary/aromatic N) is 2. The van der Waals surface area contributed by atoms with Crippen molar-refractivity contribution in [3.8, 4) is 5.69 Å². The smallest absolute Gasteiger partial charge is 0.254 e. The van der Waals surface area contributed by atoms with E-state index in [1.807, 2.05) is 20.8 Å². The van der Waals surface area contributed by atoms with E-state index in [0.717, 1.165) is 24.5 Å². The number of rotatable bonds is 7. The lowest BCUT2D eigenvalue weighted by Crippen LogP contribution is -2.32. The molecule has 0 aliphatic heterocycles. The van der Waals surface area contributed by atoms with E-state index in [-0.39, 0.29) is 17.6 Å². The van der Waals surface area contributed by atoms with Gasteiger partial charge in [0.2, 0.25) is 0 Å². The van der Waals surface area contributed by atoms with Gasteiger partial charge in [0.25, 0.3) is 5.91 Å². The van der Waals surface area contributed by atoms with Gasteiger partial charge in [0.15, 0.2) is 0 Å². The number of hydrogen-bond donors (Lipinski definition) is 2. The maximum absolute atomic E-state index is 13.1. The van der Waals surface area contributed by atoms with Crippen molar-refractivity contribution in [2.24, 2.45) is 0 Å². The summed E-state index contributed by atoms with van der Waals surface area (Å²) in [6, 6.07) is 6.08. The number of aromatic nitrogens is 2. The molecule has 0 atom stereocenters. The van der Waals surface area contributed by atoms with Crippen LogP contribution in [0.2, 0.25) is 0 Å². The van der Waals surface area contributed by atoms with Crippen molar-refractivity contribution in [2.45, 2.75) is 26.7 Å². The Balaban J connectivity index is 2.24. The van der Waals surface area contributed by atoms with Crippen LogP contribution in [0.1, 0.15) is 42.7 Å². The molecule has 0 saturated carbocycles. The zero-order valence-electron chi connectivity index (χ0n) is 13.8. The van der Waals surface area contributed by atoms with Gasteiger partial charge in [-0.1, -0.05) is 20.8 Å². The quantitative estimate of drug-likeness (QED) is 0.771. The molecule has 0 fully saturated rings. The third-order valence-corrected chi connectivity index (χ3v) is 3.51. The summed E-state index contributed by atoms with van der Waals surface area (Å²) in [6.07, 6.45) is 1.57. The molecule has 1 heterocycles. The highest BCUT2D eigenvalue weighted by Gasteiger charge is 2.20. The van der Waals surface area contributed by atoms with Gasteiger partial charge < -0.3 is 10.6 Å².